The molecule has 0 saturated heterocycles. The molecule has 10 heteroatoms. The van der Waals surface area contributed by atoms with Crippen LogP contribution in [0.1, 0.15) is 116 Å². The second-order valence-electron chi connectivity index (χ2n) is 12.1. The third kappa shape index (κ3) is 11.1. The van der Waals surface area contributed by atoms with Gasteiger partial charge in [0.05, 0.1) is 11.1 Å². The highest BCUT2D eigenvalue weighted by Crippen LogP contribution is 2.37. The van der Waals surface area contributed by atoms with Gasteiger partial charge in [-0.2, -0.15) is 9.59 Å². The number of hydrogen-bond donors (Lipinski definition) is 0. The van der Waals surface area contributed by atoms with Gasteiger partial charge in [-0.15, -0.1) is 0 Å². The Hall–Kier alpha value is -4.08. The molecule has 10 nitrogen and oxygen atoms in total. The minimum absolute atomic E-state index is 0.273. The van der Waals surface area contributed by atoms with Crippen LogP contribution < -0.4 is 0 Å². The summed E-state index contributed by atoms with van der Waals surface area (Å²) in [4.78, 5) is 67.0. The van der Waals surface area contributed by atoms with Gasteiger partial charge < -0.3 is 9.47 Å². The van der Waals surface area contributed by atoms with E-state index in [4.69, 9.17) is 9.47 Å². The lowest BCUT2D eigenvalue weighted by Gasteiger charge is -2.33. The average molecular weight is 625 g/mol. The zero-order chi connectivity index (χ0) is 32.0. The Morgan fingerprint density at radius 3 is 1.22 bits per heavy atom. The molecule has 0 heterocycles. The fraction of sp³-hybridized carbons (Fsp3) is 0.543. The number of carbonyl (C=O) groups excluding carboxylic acids is 4. The Kier molecular flexibility index (Phi) is 13.1. The van der Waals surface area contributed by atoms with Gasteiger partial charge in [0.25, 0.3) is 0 Å². The van der Waals surface area contributed by atoms with Crippen LogP contribution in [0, 0.1) is 11.8 Å². The summed E-state index contributed by atoms with van der Waals surface area (Å²) in [5.74, 6) is -0.444. The molecule has 0 aromatic heterocycles. The maximum Gasteiger partial charge on any atom is 0.550 e. The van der Waals surface area contributed by atoms with E-state index in [2.05, 4.69) is 33.4 Å². The van der Waals surface area contributed by atoms with Crippen LogP contribution in [0.3, 0.4) is 0 Å². The van der Waals surface area contributed by atoms with Gasteiger partial charge in [0.2, 0.25) is 0 Å². The molecule has 0 atom stereocenters. The van der Waals surface area contributed by atoms with Gasteiger partial charge in [-0.05, 0) is 118 Å². The summed E-state index contributed by atoms with van der Waals surface area (Å²) in [7, 11) is 0. The van der Waals surface area contributed by atoms with Crippen LogP contribution in [0.4, 0.5) is 9.59 Å². The van der Waals surface area contributed by atoms with Crippen molar-refractivity contribution in [3.63, 3.8) is 0 Å². The highest BCUT2D eigenvalue weighted by atomic mass is 17.2. The smallest absolute Gasteiger partial charge is 0.428 e. The van der Waals surface area contributed by atoms with Crippen molar-refractivity contribution < 1.29 is 48.2 Å². The lowest BCUT2D eigenvalue weighted by atomic mass is 9.76. The molecule has 4 rings (SSSR count). The molecule has 0 bridgehead atoms. The summed E-state index contributed by atoms with van der Waals surface area (Å²) in [5, 5.41) is 0. The number of rotatable bonds is 10. The molecule has 2 saturated carbocycles. The van der Waals surface area contributed by atoms with Crippen LogP contribution in [-0.2, 0) is 41.9 Å². The summed E-state index contributed by atoms with van der Waals surface area (Å²) in [6.07, 6.45) is 8.95. The molecule has 2 aliphatic carbocycles. The van der Waals surface area contributed by atoms with Crippen LogP contribution >= 0.6 is 0 Å². The SMILES string of the molecule is CCCc1ccc(C(=O)OOC(=O)OC2CCC(CC3CCC(OC(=O)OOC(=O)c4ccc(CCC)cc4)CC3)CC2)cc1. The summed E-state index contributed by atoms with van der Waals surface area (Å²) >= 11 is 0. The zero-order valence-electron chi connectivity index (χ0n) is 26.2. The van der Waals surface area contributed by atoms with Gasteiger partial charge in [-0.1, -0.05) is 51.0 Å². The van der Waals surface area contributed by atoms with Gasteiger partial charge in [-0.25, -0.2) is 29.1 Å². The lowest BCUT2D eigenvalue weighted by molar-refractivity contribution is -0.208. The van der Waals surface area contributed by atoms with E-state index in [0.717, 1.165) is 94.6 Å². The molecule has 45 heavy (non-hydrogen) atoms. The van der Waals surface area contributed by atoms with E-state index >= 15 is 0 Å². The third-order valence-electron chi connectivity index (χ3n) is 8.61. The molecule has 2 aromatic rings. The number of aryl methyl sites for hydroxylation is 2. The van der Waals surface area contributed by atoms with Crippen LogP contribution in [-0.4, -0.2) is 36.5 Å². The van der Waals surface area contributed by atoms with Crippen molar-refractivity contribution in [1.82, 2.24) is 0 Å². The van der Waals surface area contributed by atoms with Crippen LogP contribution in [0.2, 0.25) is 0 Å². The molecule has 2 aromatic carbocycles. The van der Waals surface area contributed by atoms with E-state index in [1.54, 1.807) is 24.3 Å². The first-order valence-corrected chi connectivity index (χ1v) is 16.2. The fourth-order valence-electron chi connectivity index (χ4n) is 6.19. The van der Waals surface area contributed by atoms with E-state index in [-0.39, 0.29) is 12.2 Å². The van der Waals surface area contributed by atoms with Crippen molar-refractivity contribution in [2.75, 3.05) is 0 Å². The first-order chi connectivity index (χ1) is 21.8. The average Bonchev–Trinajstić information content (AvgIpc) is 3.05. The predicted molar refractivity (Wildman–Crippen MR) is 163 cm³/mol. The molecule has 0 spiro atoms. The molecule has 0 aliphatic heterocycles. The van der Waals surface area contributed by atoms with Gasteiger partial charge in [0.15, 0.2) is 0 Å². The quantitative estimate of drug-likeness (QED) is 0.145. The molecular formula is C35H44O10. The largest absolute Gasteiger partial charge is 0.550 e. The molecule has 0 radical (unpaired) electrons. The van der Waals surface area contributed by atoms with E-state index in [1.165, 1.54) is 0 Å². The number of benzene rings is 2. The Labute approximate surface area is 264 Å². The number of carbonyl (C=O) groups is 4. The van der Waals surface area contributed by atoms with E-state index in [9.17, 15) is 19.2 Å². The van der Waals surface area contributed by atoms with Crippen molar-refractivity contribution in [3.8, 4) is 0 Å². The highest BCUT2D eigenvalue weighted by Gasteiger charge is 2.30. The lowest BCUT2D eigenvalue weighted by Crippen LogP contribution is -2.28. The fourth-order valence-corrected chi connectivity index (χ4v) is 6.19. The van der Waals surface area contributed by atoms with Crippen LogP contribution in [0.15, 0.2) is 48.5 Å². The van der Waals surface area contributed by atoms with Crippen molar-refractivity contribution >= 4 is 24.2 Å². The summed E-state index contributed by atoms with van der Waals surface area (Å²) < 4.78 is 10.7. The molecule has 0 N–H and O–H groups in total. The molecule has 0 amide bonds. The van der Waals surface area contributed by atoms with Crippen molar-refractivity contribution in [3.05, 3.63) is 70.8 Å². The first-order valence-electron chi connectivity index (χ1n) is 16.2. The zero-order valence-corrected chi connectivity index (χ0v) is 26.2. The minimum Gasteiger partial charge on any atom is -0.428 e. The standard InChI is InChI=1S/C35H44O10/c1-3-5-24-7-15-28(16-8-24)32(36)42-44-34(38)40-30-19-11-26(12-20-30)23-27-13-21-31(22-14-27)41-35(39)45-43-33(37)29-17-9-25(6-4-2)10-18-29/h7-10,15-18,26-27,30-31H,3-6,11-14,19-23H2,1-2H3. The van der Waals surface area contributed by atoms with E-state index in [1.807, 2.05) is 24.3 Å². The molecule has 2 fully saturated rings. The second-order valence-corrected chi connectivity index (χ2v) is 12.1. The number of ether oxygens (including phenoxy) is 2. The van der Waals surface area contributed by atoms with Gasteiger partial charge in [0.1, 0.15) is 12.2 Å². The van der Waals surface area contributed by atoms with Gasteiger partial charge in [0, 0.05) is 0 Å². The van der Waals surface area contributed by atoms with Gasteiger partial charge in [-0.3, -0.25) is 0 Å². The topological polar surface area (TPSA) is 124 Å². The van der Waals surface area contributed by atoms with Gasteiger partial charge >= 0.3 is 24.2 Å². The normalized spacial score (nSPS) is 21.2. The molecule has 244 valence electrons. The summed E-state index contributed by atoms with van der Waals surface area (Å²) in [6, 6.07) is 14.0. The summed E-state index contributed by atoms with van der Waals surface area (Å²) in [6.45, 7) is 4.16. The summed E-state index contributed by atoms with van der Waals surface area (Å²) in [5.41, 5.74) is 2.84. The van der Waals surface area contributed by atoms with E-state index in [0.29, 0.717) is 23.0 Å². The predicted octanol–water partition coefficient (Wildman–Crippen LogP) is 8.25. The maximum absolute atomic E-state index is 12.1. The van der Waals surface area contributed by atoms with Crippen molar-refractivity contribution in [1.29, 1.82) is 0 Å². The minimum atomic E-state index is -1.01. The Morgan fingerprint density at radius 1 is 0.533 bits per heavy atom. The maximum atomic E-state index is 12.1. The van der Waals surface area contributed by atoms with Crippen molar-refractivity contribution in [2.24, 2.45) is 11.8 Å². The highest BCUT2D eigenvalue weighted by molar-refractivity contribution is 5.89. The Morgan fingerprint density at radius 2 is 0.889 bits per heavy atom. The van der Waals surface area contributed by atoms with E-state index < -0.39 is 24.2 Å². The van der Waals surface area contributed by atoms with Crippen LogP contribution in [0.5, 0.6) is 0 Å². The number of hydrogen-bond acceptors (Lipinski definition) is 10. The third-order valence-corrected chi connectivity index (χ3v) is 8.61. The second kappa shape index (κ2) is 17.4. The van der Waals surface area contributed by atoms with Crippen molar-refractivity contribution in [2.45, 2.75) is 110 Å². The first kappa shape index (κ1) is 33.8. The molecular weight excluding hydrogens is 580 g/mol. The Balaban J connectivity index is 1.05. The monoisotopic (exact) mass is 624 g/mol. The Bertz CT molecular complexity index is 1140. The molecule has 2 aliphatic rings. The molecule has 0 unspecified atom stereocenters. The van der Waals surface area contributed by atoms with Crippen LogP contribution in [0.25, 0.3) is 0 Å².